The van der Waals surface area contributed by atoms with E-state index in [1.54, 1.807) is 11.3 Å². The first-order valence-electron chi connectivity index (χ1n) is 7.51. The molecule has 0 unspecified atom stereocenters. The fourth-order valence-electron chi connectivity index (χ4n) is 2.19. The maximum Gasteiger partial charge on any atom is 0.0659 e. The van der Waals surface area contributed by atoms with E-state index in [4.69, 9.17) is 0 Å². The standard InChI is InChI=1S/C20H18N2S/c1-15-7-3-5-9-19(15)21-13-17-11-12-18(23-17)14-22-20-10-6-4-8-16(20)2/h3-14H,1-2H3. The predicted octanol–water partition coefficient (Wildman–Crippen LogP) is 5.87. The van der Waals surface area contributed by atoms with Crippen molar-refractivity contribution < 1.29 is 0 Å². The molecular formula is C20H18N2S. The highest BCUT2D eigenvalue weighted by atomic mass is 32.1. The van der Waals surface area contributed by atoms with E-state index >= 15 is 0 Å². The smallest absolute Gasteiger partial charge is 0.0659 e. The summed E-state index contributed by atoms with van der Waals surface area (Å²) in [6.07, 6.45) is 3.83. The van der Waals surface area contributed by atoms with Gasteiger partial charge in [-0.05, 0) is 49.2 Å². The van der Waals surface area contributed by atoms with Crippen molar-refractivity contribution in [2.75, 3.05) is 0 Å². The van der Waals surface area contributed by atoms with Crippen molar-refractivity contribution in [2.24, 2.45) is 9.98 Å². The van der Waals surface area contributed by atoms with Gasteiger partial charge in [-0.15, -0.1) is 11.3 Å². The molecule has 3 aromatic rings. The molecule has 1 aromatic heterocycles. The Hall–Kier alpha value is -2.52. The molecule has 114 valence electrons. The van der Waals surface area contributed by atoms with Crippen molar-refractivity contribution >= 4 is 35.1 Å². The van der Waals surface area contributed by atoms with Crippen LogP contribution in [0.15, 0.2) is 70.6 Å². The van der Waals surface area contributed by atoms with E-state index in [-0.39, 0.29) is 0 Å². The lowest BCUT2D eigenvalue weighted by molar-refractivity contribution is 1.41. The molecule has 0 atom stereocenters. The lowest BCUT2D eigenvalue weighted by Gasteiger charge is -1.97. The van der Waals surface area contributed by atoms with Crippen molar-refractivity contribution in [3.63, 3.8) is 0 Å². The van der Waals surface area contributed by atoms with Gasteiger partial charge in [0, 0.05) is 22.2 Å². The lowest BCUT2D eigenvalue weighted by atomic mass is 10.2. The van der Waals surface area contributed by atoms with Crippen LogP contribution in [-0.2, 0) is 0 Å². The zero-order valence-electron chi connectivity index (χ0n) is 13.2. The SMILES string of the molecule is Cc1ccccc1N=Cc1ccc(C=Nc2ccccc2C)s1. The van der Waals surface area contributed by atoms with Crippen LogP contribution < -0.4 is 0 Å². The van der Waals surface area contributed by atoms with Crippen LogP contribution in [0.2, 0.25) is 0 Å². The van der Waals surface area contributed by atoms with E-state index in [1.807, 2.05) is 48.8 Å². The molecule has 0 fully saturated rings. The highest BCUT2D eigenvalue weighted by molar-refractivity contribution is 7.15. The summed E-state index contributed by atoms with van der Waals surface area (Å²) in [5.41, 5.74) is 4.38. The number of aliphatic imine (C=N–C) groups is 2. The van der Waals surface area contributed by atoms with E-state index in [0.717, 1.165) is 21.1 Å². The molecule has 0 saturated carbocycles. The molecule has 3 heteroatoms. The Morgan fingerprint density at radius 3 is 1.52 bits per heavy atom. The summed E-state index contributed by atoms with van der Waals surface area (Å²) in [5.74, 6) is 0. The number of rotatable bonds is 4. The number of hydrogen-bond donors (Lipinski definition) is 0. The summed E-state index contributed by atoms with van der Waals surface area (Å²) in [6, 6.07) is 20.4. The van der Waals surface area contributed by atoms with E-state index in [0.29, 0.717) is 0 Å². The van der Waals surface area contributed by atoms with Crippen LogP contribution >= 0.6 is 11.3 Å². The average Bonchev–Trinajstić information content (AvgIpc) is 3.01. The highest BCUT2D eigenvalue weighted by Gasteiger charge is 1.98. The summed E-state index contributed by atoms with van der Waals surface area (Å²) >= 11 is 1.68. The fraction of sp³-hybridized carbons (Fsp3) is 0.100. The molecule has 3 rings (SSSR count). The molecule has 2 nitrogen and oxygen atoms in total. The molecule has 2 aromatic carbocycles. The van der Waals surface area contributed by atoms with Gasteiger partial charge in [0.05, 0.1) is 11.4 Å². The molecule has 0 aliphatic rings. The van der Waals surface area contributed by atoms with E-state index in [9.17, 15) is 0 Å². The van der Waals surface area contributed by atoms with Crippen LogP contribution in [0.1, 0.15) is 20.9 Å². The molecular weight excluding hydrogens is 300 g/mol. The Morgan fingerprint density at radius 1 is 0.652 bits per heavy atom. The number of benzene rings is 2. The van der Waals surface area contributed by atoms with Gasteiger partial charge in [-0.25, -0.2) is 0 Å². The van der Waals surface area contributed by atoms with Crippen molar-refractivity contribution in [1.82, 2.24) is 0 Å². The van der Waals surface area contributed by atoms with Crippen molar-refractivity contribution in [3.8, 4) is 0 Å². The van der Waals surface area contributed by atoms with Gasteiger partial charge in [0.2, 0.25) is 0 Å². The summed E-state index contributed by atoms with van der Waals surface area (Å²) < 4.78 is 0. The van der Waals surface area contributed by atoms with E-state index < -0.39 is 0 Å². The summed E-state index contributed by atoms with van der Waals surface area (Å²) in [4.78, 5) is 11.4. The second-order valence-corrected chi connectivity index (χ2v) is 6.48. The van der Waals surface area contributed by atoms with Crippen LogP contribution in [0.4, 0.5) is 11.4 Å². The number of nitrogens with zero attached hydrogens (tertiary/aromatic N) is 2. The summed E-state index contributed by atoms with van der Waals surface area (Å²) in [5, 5.41) is 0. The first-order chi connectivity index (χ1) is 11.2. The molecule has 0 N–H and O–H groups in total. The zero-order valence-corrected chi connectivity index (χ0v) is 14.0. The lowest BCUT2D eigenvalue weighted by Crippen LogP contribution is -1.76. The van der Waals surface area contributed by atoms with Crippen LogP contribution in [0, 0.1) is 13.8 Å². The first kappa shape index (κ1) is 15.4. The second-order valence-electron chi connectivity index (χ2n) is 5.33. The predicted molar refractivity (Wildman–Crippen MR) is 101 cm³/mol. The fourth-order valence-corrected chi connectivity index (χ4v) is 2.95. The van der Waals surface area contributed by atoms with E-state index in [2.05, 4.69) is 48.1 Å². The topological polar surface area (TPSA) is 24.7 Å². The Labute approximate surface area is 140 Å². The third kappa shape index (κ3) is 4.02. The highest BCUT2D eigenvalue weighted by Crippen LogP contribution is 2.20. The molecule has 0 amide bonds. The van der Waals surface area contributed by atoms with Crippen LogP contribution in [0.3, 0.4) is 0 Å². The average molecular weight is 318 g/mol. The van der Waals surface area contributed by atoms with Gasteiger partial charge in [0.25, 0.3) is 0 Å². The molecule has 1 heterocycles. The van der Waals surface area contributed by atoms with Gasteiger partial charge in [0.1, 0.15) is 0 Å². The molecule has 0 saturated heterocycles. The minimum absolute atomic E-state index is 1.01. The normalized spacial score (nSPS) is 11.6. The van der Waals surface area contributed by atoms with Crippen LogP contribution in [-0.4, -0.2) is 12.4 Å². The van der Waals surface area contributed by atoms with Gasteiger partial charge in [-0.3, -0.25) is 9.98 Å². The molecule has 0 aliphatic heterocycles. The van der Waals surface area contributed by atoms with E-state index in [1.165, 1.54) is 11.1 Å². The third-order valence-corrected chi connectivity index (χ3v) is 4.49. The Bertz CT molecular complexity index is 789. The molecule has 0 aliphatic carbocycles. The number of aryl methyl sites for hydroxylation is 2. The van der Waals surface area contributed by atoms with Gasteiger partial charge in [-0.2, -0.15) is 0 Å². The number of para-hydroxylation sites is 2. The van der Waals surface area contributed by atoms with Gasteiger partial charge >= 0.3 is 0 Å². The monoisotopic (exact) mass is 318 g/mol. The van der Waals surface area contributed by atoms with Crippen molar-refractivity contribution in [3.05, 3.63) is 81.5 Å². The third-order valence-electron chi connectivity index (χ3n) is 3.54. The molecule has 23 heavy (non-hydrogen) atoms. The largest absolute Gasteiger partial charge is 0.255 e. The van der Waals surface area contributed by atoms with Crippen LogP contribution in [0.25, 0.3) is 0 Å². The zero-order chi connectivity index (χ0) is 16.1. The maximum absolute atomic E-state index is 4.56. The second kappa shape index (κ2) is 7.16. The van der Waals surface area contributed by atoms with Crippen molar-refractivity contribution in [1.29, 1.82) is 0 Å². The van der Waals surface area contributed by atoms with Crippen LogP contribution in [0.5, 0.6) is 0 Å². The molecule has 0 spiro atoms. The Morgan fingerprint density at radius 2 is 1.09 bits per heavy atom. The minimum Gasteiger partial charge on any atom is -0.255 e. The quantitative estimate of drug-likeness (QED) is 0.538. The summed E-state index contributed by atoms with van der Waals surface area (Å²) in [7, 11) is 0. The number of thiophene rings is 1. The van der Waals surface area contributed by atoms with Gasteiger partial charge in [-0.1, -0.05) is 36.4 Å². The maximum atomic E-state index is 4.56. The Balaban J connectivity index is 1.74. The van der Waals surface area contributed by atoms with Gasteiger partial charge < -0.3 is 0 Å². The van der Waals surface area contributed by atoms with Crippen molar-refractivity contribution in [2.45, 2.75) is 13.8 Å². The Kier molecular flexibility index (Phi) is 4.79. The molecule has 0 bridgehead atoms. The number of hydrogen-bond acceptors (Lipinski definition) is 3. The minimum atomic E-state index is 1.01. The summed E-state index contributed by atoms with van der Waals surface area (Å²) in [6.45, 7) is 4.14. The van der Waals surface area contributed by atoms with Gasteiger partial charge in [0.15, 0.2) is 0 Å². The molecule has 0 radical (unpaired) electrons. The first-order valence-corrected chi connectivity index (χ1v) is 8.33.